The third-order valence-corrected chi connectivity index (χ3v) is 7.45. The summed E-state index contributed by atoms with van der Waals surface area (Å²) in [7, 11) is 0. The minimum absolute atomic E-state index is 0.521. The highest BCUT2D eigenvalue weighted by molar-refractivity contribution is 5.90. The van der Waals surface area contributed by atoms with Gasteiger partial charge in [0.15, 0.2) is 0 Å². The summed E-state index contributed by atoms with van der Waals surface area (Å²) in [6.45, 7) is 23.2. The fourth-order valence-corrected chi connectivity index (χ4v) is 4.97. The topological polar surface area (TPSA) is 0 Å². The first kappa shape index (κ1) is 31.6. The van der Waals surface area contributed by atoms with Crippen LogP contribution in [0.1, 0.15) is 70.7 Å². The van der Waals surface area contributed by atoms with Crippen LogP contribution in [-0.4, -0.2) is 0 Å². The first-order chi connectivity index (χ1) is 18.7. The zero-order valence-electron chi connectivity index (χ0n) is 25.7. The second kappa shape index (κ2) is 15.7. The van der Waals surface area contributed by atoms with Gasteiger partial charge in [0.2, 0.25) is 0 Å². The summed E-state index contributed by atoms with van der Waals surface area (Å²) in [5, 5.41) is 0. The number of benzene rings is 3. The number of aryl methyl sites for hydroxylation is 2. The molecule has 0 radical (unpaired) electrons. The molecule has 0 bridgehead atoms. The maximum Gasteiger partial charge on any atom is 0.00805 e. The smallest absolute Gasteiger partial charge is 0.00805 e. The lowest BCUT2D eigenvalue weighted by atomic mass is 9.81. The van der Waals surface area contributed by atoms with E-state index in [9.17, 15) is 0 Å². The molecule has 0 amide bonds. The second-order valence-corrected chi connectivity index (χ2v) is 10.1. The Hall–Kier alpha value is -3.64. The Kier molecular flexibility index (Phi) is 12.7. The average molecular weight is 517 g/mol. The molecular weight excluding hydrogens is 468 g/mol. The summed E-state index contributed by atoms with van der Waals surface area (Å²) < 4.78 is 0. The van der Waals surface area contributed by atoms with E-state index in [0.29, 0.717) is 11.8 Å². The fourth-order valence-electron chi connectivity index (χ4n) is 4.97. The number of rotatable bonds is 5. The third kappa shape index (κ3) is 8.42. The van der Waals surface area contributed by atoms with E-state index < -0.39 is 0 Å². The lowest BCUT2D eigenvalue weighted by molar-refractivity contribution is 0.580. The maximum atomic E-state index is 4.01. The molecule has 0 fully saturated rings. The van der Waals surface area contributed by atoms with Gasteiger partial charge in [-0.15, -0.1) is 0 Å². The highest BCUT2D eigenvalue weighted by atomic mass is 14.2. The van der Waals surface area contributed by atoms with Gasteiger partial charge in [0.25, 0.3) is 0 Å². The quantitative estimate of drug-likeness (QED) is 0.234. The normalized spacial score (nSPS) is 16.8. The maximum absolute atomic E-state index is 4.01. The summed E-state index contributed by atoms with van der Waals surface area (Å²) in [5.41, 5.74) is 13.1. The van der Waals surface area contributed by atoms with E-state index in [2.05, 4.69) is 158 Å². The number of allylic oxidation sites excluding steroid dienone is 9. The van der Waals surface area contributed by atoms with E-state index in [1.165, 1.54) is 55.7 Å². The van der Waals surface area contributed by atoms with E-state index >= 15 is 0 Å². The Bertz CT molecular complexity index is 1340. The lowest BCUT2D eigenvalue weighted by Crippen LogP contribution is -2.12. The number of hydrogen-bond acceptors (Lipinski definition) is 0. The zero-order chi connectivity index (χ0) is 28.9. The largest absolute Gasteiger partial charge is 0.0958 e. The zero-order valence-corrected chi connectivity index (χ0v) is 25.7. The molecule has 0 aliphatic heterocycles. The van der Waals surface area contributed by atoms with Gasteiger partial charge in [-0.2, -0.15) is 0 Å². The van der Waals surface area contributed by atoms with Crippen LogP contribution in [0.2, 0.25) is 0 Å². The molecule has 2 atom stereocenters. The van der Waals surface area contributed by atoms with Gasteiger partial charge in [-0.1, -0.05) is 130 Å². The molecule has 39 heavy (non-hydrogen) atoms. The van der Waals surface area contributed by atoms with E-state index in [0.717, 1.165) is 0 Å². The van der Waals surface area contributed by atoms with Crippen LogP contribution in [0.15, 0.2) is 121 Å². The highest BCUT2D eigenvalue weighted by Gasteiger charge is 2.18. The molecule has 1 aliphatic carbocycles. The van der Waals surface area contributed by atoms with Gasteiger partial charge in [-0.25, -0.2) is 0 Å². The summed E-state index contributed by atoms with van der Waals surface area (Å²) in [5.74, 6) is 1.11. The predicted octanol–water partition coefficient (Wildman–Crippen LogP) is 11.8. The minimum Gasteiger partial charge on any atom is -0.0958 e. The molecule has 4 rings (SSSR count). The first-order valence-electron chi connectivity index (χ1n) is 14.3. The van der Waals surface area contributed by atoms with E-state index in [4.69, 9.17) is 0 Å². The molecule has 3 aromatic carbocycles. The molecule has 0 aromatic heterocycles. The molecule has 0 heterocycles. The highest BCUT2D eigenvalue weighted by Crippen LogP contribution is 2.32. The van der Waals surface area contributed by atoms with Crippen molar-refractivity contribution in [3.8, 4) is 11.1 Å². The molecule has 1 aliphatic rings. The van der Waals surface area contributed by atoms with Crippen molar-refractivity contribution in [2.45, 2.75) is 62.3 Å². The standard InChI is InChI=1S/C24H24.C13H18.C2H6/c1-17-10-8-9-13-23(17)24-16-22(15-14-18(24)2)20(4)19(3)21-11-6-5-7-12-21;1-5-12(10(2)3)13-9-7-6-8-11(13)4;1-2/h5-16H,1-4H3;5-9,11,13H,2H2,1,3-4H3;1-2H3/b20-19-;12-5-;. The summed E-state index contributed by atoms with van der Waals surface area (Å²) in [4.78, 5) is 0. The molecule has 0 heteroatoms. The van der Waals surface area contributed by atoms with Gasteiger partial charge in [-0.05, 0) is 104 Å². The monoisotopic (exact) mass is 516 g/mol. The average Bonchev–Trinajstić information content (AvgIpc) is 2.96. The predicted molar refractivity (Wildman–Crippen MR) is 177 cm³/mol. The molecule has 0 spiro atoms. The molecule has 0 N–H and O–H groups in total. The van der Waals surface area contributed by atoms with Crippen LogP contribution in [0.3, 0.4) is 0 Å². The van der Waals surface area contributed by atoms with Crippen LogP contribution in [0.25, 0.3) is 22.3 Å². The van der Waals surface area contributed by atoms with Gasteiger partial charge in [0.1, 0.15) is 0 Å². The Morgan fingerprint density at radius 2 is 1.26 bits per heavy atom. The van der Waals surface area contributed by atoms with Crippen molar-refractivity contribution in [2.75, 3.05) is 0 Å². The van der Waals surface area contributed by atoms with E-state index in [1.54, 1.807) is 0 Å². The summed E-state index contributed by atoms with van der Waals surface area (Å²) in [6, 6.07) is 26.0. The molecule has 0 nitrogen and oxygen atoms in total. The fraction of sp³-hybridized carbons (Fsp3) is 0.282. The Balaban J connectivity index is 0.000000301. The Morgan fingerprint density at radius 3 is 1.85 bits per heavy atom. The van der Waals surface area contributed by atoms with E-state index in [1.807, 2.05) is 13.8 Å². The van der Waals surface area contributed by atoms with Crippen molar-refractivity contribution in [2.24, 2.45) is 11.8 Å². The molecular formula is C39H48. The summed E-state index contributed by atoms with van der Waals surface area (Å²) in [6.07, 6.45) is 10.9. The van der Waals surface area contributed by atoms with Crippen LogP contribution in [0, 0.1) is 25.7 Å². The molecule has 3 aromatic rings. The summed E-state index contributed by atoms with van der Waals surface area (Å²) >= 11 is 0. The van der Waals surface area contributed by atoms with Crippen molar-refractivity contribution < 1.29 is 0 Å². The first-order valence-corrected chi connectivity index (χ1v) is 14.3. The van der Waals surface area contributed by atoms with E-state index in [-0.39, 0.29) is 0 Å². The molecule has 204 valence electrons. The second-order valence-electron chi connectivity index (χ2n) is 10.1. The number of hydrogen-bond donors (Lipinski definition) is 0. The molecule has 2 unspecified atom stereocenters. The molecule has 0 saturated carbocycles. The Labute approximate surface area is 239 Å². The van der Waals surface area contributed by atoms with Gasteiger partial charge < -0.3 is 0 Å². The van der Waals surface area contributed by atoms with Crippen LogP contribution in [0.4, 0.5) is 0 Å². The van der Waals surface area contributed by atoms with Crippen LogP contribution in [-0.2, 0) is 0 Å². The molecule has 0 saturated heterocycles. The van der Waals surface area contributed by atoms with Crippen molar-refractivity contribution >= 4 is 11.1 Å². The van der Waals surface area contributed by atoms with Crippen molar-refractivity contribution in [1.82, 2.24) is 0 Å². The van der Waals surface area contributed by atoms with Crippen LogP contribution < -0.4 is 0 Å². The van der Waals surface area contributed by atoms with Crippen molar-refractivity contribution in [3.05, 3.63) is 143 Å². The lowest BCUT2D eigenvalue weighted by Gasteiger charge is -2.23. The van der Waals surface area contributed by atoms with Gasteiger partial charge >= 0.3 is 0 Å². The van der Waals surface area contributed by atoms with Crippen LogP contribution >= 0.6 is 0 Å². The third-order valence-electron chi connectivity index (χ3n) is 7.45. The van der Waals surface area contributed by atoms with Gasteiger partial charge in [0.05, 0.1) is 0 Å². The van der Waals surface area contributed by atoms with Crippen LogP contribution in [0.5, 0.6) is 0 Å². The minimum atomic E-state index is 0.521. The van der Waals surface area contributed by atoms with Gasteiger partial charge in [-0.3, -0.25) is 0 Å². The van der Waals surface area contributed by atoms with Crippen molar-refractivity contribution in [1.29, 1.82) is 0 Å². The Morgan fingerprint density at radius 1 is 0.692 bits per heavy atom. The van der Waals surface area contributed by atoms with Gasteiger partial charge in [0, 0.05) is 5.92 Å². The van der Waals surface area contributed by atoms with Crippen molar-refractivity contribution in [3.63, 3.8) is 0 Å². The SMILES string of the molecule is C/C(=C(\C)c1ccc(C)c(-c2ccccc2C)c1)c1ccccc1.C=C(C)/C(=C/C)C1C=CC=CC1C.CC.